The number of nitrogens with zero attached hydrogens (tertiary/aromatic N) is 5. The number of ketones is 2. The highest BCUT2D eigenvalue weighted by atomic mass is 35.5. The van der Waals surface area contributed by atoms with Crippen LogP contribution in [0.25, 0.3) is 27.6 Å². The van der Waals surface area contributed by atoms with E-state index in [1.807, 2.05) is 57.8 Å². The number of benzene rings is 3. The number of likely N-dealkylation sites (tertiary alicyclic amines) is 2. The number of pyridine rings is 1. The number of carbonyl (C=O) groups excluding carboxylic acids is 2. The van der Waals surface area contributed by atoms with Crippen LogP contribution in [0.4, 0.5) is 4.39 Å². The first kappa shape index (κ1) is 61.6. The predicted molar refractivity (Wildman–Crippen MR) is 322 cm³/mol. The number of aryl methyl sites for hydroxylation is 2. The molecule has 3 aromatic heterocycles. The van der Waals surface area contributed by atoms with Gasteiger partial charge in [0.15, 0.2) is 17.2 Å². The largest absolute Gasteiger partial charge is 0.390 e. The van der Waals surface area contributed by atoms with Gasteiger partial charge in [0.1, 0.15) is 12.2 Å². The highest BCUT2D eigenvalue weighted by Gasteiger charge is 2.75. The second kappa shape index (κ2) is 25.2. The zero-order valence-corrected chi connectivity index (χ0v) is 49.0. The van der Waals surface area contributed by atoms with E-state index in [1.54, 1.807) is 32.9 Å². The van der Waals surface area contributed by atoms with Crippen molar-refractivity contribution in [1.82, 2.24) is 33.9 Å². The van der Waals surface area contributed by atoms with Gasteiger partial charge in [0.2, 0.25) is 0 Å². The van der Waals surface area contributed by atoms with Crippen molar-refractivity contribution in [2.75, 3.05) is 45.9 Å². The van der Waals surface area contributed by atoms with Crippen molar-refractivity contribution in [3.8, 4) is 0 Å². The maximum absolute atomic E-state index is 16.9. The number of aromatic amines is 2. The van der Waals surface area contributed by atoms with Crippen molar-refractivity contribution < 1.29 is 29.3 Å². The van der Waals surface area contributed by atoms with Gasteiger partial charge in [0, 0.05) is 65.8 Å². The van der Waals surface area contributed by atoms with Crippen molar-refractivity contribution in [3.63, 3.8) is 0 Å². The number of piperidine rings is 1. The zero-order chi connectivity index (χ0) is 55.9. The lowest BCUT2D eigenvalue weighted by atomic mass is 9.44. The number of carbonyl (C=O) groups is 2. The Morgan fingerprint density at radius 3 is 2.26 bits per heavy atom. The van der Waals surface area contributed by atoms with E-state index in [0.717, 1.165) is 73.2 Å². The number of alkyl halides is 1. The topological polar surface area (TPSA) is 190 Å². The van der Waals surface area contributed by atoms with E-state index in [-0.39, 0.29) is 60.4 Å². The van der Waals surface area contributed by atoms with E-state index in [0.29, 0.717) is 36.4 Å². The number of aliphatic hydroxyl groups excluding tert-OH is 2. The van der Waals surface area contributed by atoms with Gasteiger partial charge in [-0.15, -0.1) is 24.8 Å². The number of hydrogen-bond acceptors (Lipinski definition) is 10. The Morgan fingerprint density at radius 1 is 0.852 bits per heavy atom. The summed E-state index contributed by atoms with van der Waals surface area (Å²) in [5.74, 6) is -2.12. The van der Waals surface area contributed by atoms with Crippen LogP contribution in [0.2, 0.25) is 5.02 Å². The Kier molecular flexibility index (Phi) is 19.1. The van der Waals surface area contributed by atoms with Gasteiger partial charge in [-0.25, -0.2) is 14.0 Å². The summed E-state index contributed by atoms with van der Waals surface area (Å²) in [4.78, 5) is 64.4. The molecule has 5 heterocycles. The minimum Gasteiger partial charge on any atom is -0.390 e. The summed E-state index contributed by atoms with van der Waals surface area (Å²) in [6.07, 6.45) is 14.1. The number of hydrogen-bond donors (Lipinski definition) is 5. The van der Waals surface area contributed by atoms with Crippen molar-refractivity contribution in [3.05, 3.63) is 164 Å². The van der Waals surface area contributed by atoms with Gasteiger partial charge in [-0.2, -0.15) is 0 Å². The number of para-hydroxylation sites is 2. The molecule has 5 N–H and O–H groups in total. The number of aromatic nitrogens is 5. The number of rotatable bonds is 11. The normalized spacial score (nSPS) is 28.3. The molecule has 0 spiro atoms. The fourth-order valence-corrected chi connectivity index (χ4v) is 14.9. The number of imidazole rings is 2. The Labute approximate surface area is 490 Å². The lowest BCUT2D eigenvalue weighted by Crippen LogP contribution is -2.69. The number of H-pyrrole nitrogens is 2. The van der Waals surface area contributed by atoms with Gasteiger partial charge in [-0.3, -0.25) is 28.6 Å². The third-order valence-electron chi connectivity index (χ3n) is 19.0. The van der Waals surface area contributed by atoms with E-state index >= 15 is 4.39 Å². The number of nitrogens with one attached hydrogen (secondary N) is 2. The number of aliphatic hydroxyl groups is 3. The van der Waals surface area contributed by atoms with E-state index in [4.69, 9.17) is 11.6 Å². The fraction of sp³-hybridized carbons (Fsp3) is 0.476. The van der Waals surface area contributed by atoms with Crippen molar-refractivity contribution in [2.24, 2.45) is 28.6 Å². The number of Topliss-reactive ketones (excluding diaryl/α,β-unsaturated/α-hetero) is 1. The van der Waals surface area contributed by atoms with Crippen molar-refractivity contribution in [2.45, 2.75) is 115 Å². The second-order valence-electron chi connectivity index (χ2n) is 23.4. The summed E-state index contributed by atoms with van der Waals surface area (Å²) >= 11 is 6.05. The molecular formula is C63H77Cl3FN7O7. The quantitative estimate of drug-likeness (QED) is 0.0835. The molecule has 3 aromatic carbocycles. The first-order valence-corrected chi connectivity index (χ1v) is 28.7. The van der Waals surface area contributed by atoms with E-state index in [1.165, 1.54) is 54.8 Å². The smallest absolute Gasteiger partial charge is 0.326 e. The molecule has 6 aliphatic rings. The molecule has 14 nitrogen and oxygen atoms in total. The van der Waals surface area contributed by atoms with Crippen LogP contribution in [0.1, 0.15) is 101 Å². The van der Waals surface area contributed by atoms with Crippen LogP contribution in [0.3, 0.4) is 0 Å². The summed E-state index contributed by atoms with van der Waals surface area (Å²) in [5.41, 5.74) is 3.10. The first-order valence-electron chi connectivity index (χ1n) is 28.3. The average Bonchev–Trinajstić information content (AvgIpc) is 4.32. The Hall–Kier alpha value is -5.49. The molecule has 8 atom stereocenters. The van der Waals surface area contributed by atoms with E-state index < -0.39 is 52.4 Å². The molecule has 2 saturated heterocycles. The average molecular weight is 1170 g/mol. The van der Waals surface area contributed by atoms with Crippen LogP contribution in [0.15, 0.2) is 131 Å². The Bertz CT molecular complexity index is 3420. The minimum atomic E-state index is -1.98. The molecule has 0 radical (unpaired) electrons. The molecular weight excluding hydrogens is 1090 g/mol. The molecule has 3 saturated carbocycles. The van der Waals surface area contributed by atoms with Crippen LogP contribution in [-0.2, 0) is 16.1 Å². The molecule has 2 aliphatic heterocycles. The molecule has 0 amide bonds. The summed E-state index contributed by atoms with van der Waals surface area (Å²) in [6, 6.07) is 28.4. The summed E-state index contributed by atoms with van der Waals surface area (Å²) in [6.45, 7) is 13.6. The SMILES string of the molecule is C[C@H]1C[C@H]2[C@@H]3CCC4=CC(=O)C=C[C@]4(C)[C@@]3(F)[C@@H](O)C[C@]2(C)[C@@]1(O)C(=O)CO.Cc1ccc(/C(=C\CN2CCCC2)c2ccccn2)cc1.Cl.Cl.O=c1[nH]c2ccccc2n1CCCN1CCC(n2c(=O)[nH]c3cc(Cl)ccc32)CC1. The van der Waals surface area contributed by atoms with Crippen LogP contribution >= 0.6 is 36.4 Å². The molecule has 6 aromatic rings. The molecule has 4 aliphatic carbocycles. The Balaban J connectivity index is 0.000000160. The van der Waals surface area contributed by atoms with Gasteiger partial charge in [-0.1, -0.05) is 91.2 Å². The summed E-state index contributed by atoms with van der Waals surface area (Å²) < 4.78 is 20.6. The highest BCUT2D eigenvalue weighted by Crippen LogP contribution is 2.70. The van der Waals surface area contributed by atoms with Gasteiger partial charge in [0.05, 0.1) is 33.9 Å². The minimum absolute atomic E-state index is 0. The van der Waals surface area contributed by atoms with Crippen LogP contribution in [0.5, 0.6) is 0 Å². The zero-order valence-electron chi connectivity index (χ0n) is 46.7. The molecule has 434 valence electrons. The molecule has 12 rings (SSSR count). The number of fused-ring (bicyclic) bond motifs is 7. The fourth-order valence-electron chi connectivity index (χ4n) is 14.7. The number of halogens is 4. The monoisotopic (exact) mass is 1170 g/mol. The van der Waals surface area contributed by atoms with Crippen molar-refractivity contribution in [1.29, 1.82) is 0 Å². The van der Waals surface area contributed by atoms with Crippen molar-refractivity contribution >= 4 is 75.6 Å². The lowest BCUT2D eigenvalue weighted by Gasteiger charge is -2.62. The van der Waals surface area contributed by atoms with Gasteiger partial charge in [-0.05, 0) is 163 Å². The highest BCUT2D eigenvalue weighted by molar-refractivity contribution is 6.31. The van der Waals surface area contributed by atoms with Gasteiger partial charge >= 0.3 is 11.4 Å². The molecule has 18 heteroatoms. The third kappa shape index (κ3) is 11.5. The summed E-state index contributed by atoms with van der Waals surface area (Å²) in [5, 5.41) is 32.6. The Morgan fingerprint density at radius 2 is 1.56 bits per heavy atom. The third-order valence-corrected chi connectivity index (χ3v) is 19.2. The molecule has 0 bridgehead atoms. The molecule has 5 fully saturated rings. The van der Waals surface area contributed by atoms with E-state index in [2.05, 4.69) is 74.1 Å². The van der Waals surface area contributed by atoms with Gasteiger partial charge < -0.3 is 30.2 Å². The predicted octanol–water partition coefficient (Wildman–Crippen LogP) is 10.0. The number of allylic oxidation sites excluding steroid dienone is 4. The van der Waals surface area contributed by atoms with Crippen LogP contribution in [0, 0.1) is 35.5 Å². The maximum atomic E-state index is 16.9. The van der Waals surface area contributed by atoms with Crippen LogP contribution < -0.4 is 11.4 Å². The molecule has 81 heavy (non-hydrogen) atoms. The first-order chi connectivity index (χ1) is 37.9. The molecule has 0 unspecified atom stereocenters. The lowest BCUT2D eigenvalue weighted by molar-refractivity contribution is -0.219. The summed E-state index contributed by atoms with van der Waals surface area (Å²) in [7, 11) is 0. The van der Waals surface area contributed by atoms with E-state index in [9.17, 15) is 34.5 Å². The van der Waals surface area contributed by atoms with Crippen LogP contribution in [-0.4, -0.2) is 124 Å². The van der Waals surface area contributed by atoms with Gasteiger partial charge in [0.25, 0.3) is 0 Å². The standard InChI is InChI=1S/C22H24ClN5O2.C22H29FO5.C19H22N2.2ClH/c23-15-6-7-20-18(14-15)25-22(30)28(20)16-8-12-26(13-9-16)10-3-11-27-19-5-2-1-4-17(19)24-21(27)29;1-12-8-16-15-5-4-13-9-14(25)6-7-19(13,2)21(15,23)17(26)10-20(16,3)22(12,28)18(27)11-24;1-16-7-9-17(10-8-16)18(19-6-2-3-12-20-19)11-15-21-13-4-5-14-21;;/h1-2,4-7,14,16H,3,8-13H2,(H,24,29)(H,25,30);6-7,9,12,15-17,24,26,28H,4-5,8,10-11H2,1-3H3;2-3,6-12H,4-5,13-15H2,1H3;2*1H/b;;18-11+;;/t;12-,15-,16-,17-,19-,20-,21-,22-;;;/m.0.../s1. The maximum Gasteiger partial charge on any atom is 0.326 e. The second-order valence-corrected chi connectivity index (χ2v) is 23.9.